The van der Waals surface area contributed by atoms with Gasteiger partial charge in [-0.1, -0.05) is 49.4 Å². The van der Waals surface area contributed by atoms with E-state index < -0.39 is 12.1 Å². The number of nitrogens with one attached hydrogen (secondary N) is 1. The van der Waals surface area contributed by atoms with Gasteiger partial charge in [-0.15, -0.1) is 0 Å². The summed E-state index contributed by atoms with van der Waals surface area (Å²) in [5, 5.41) is 10.2. The molecule has 158 valence electrons. The number of carboxylic acids is 1. The first-order valence-corrected chi connectivity index (χ1v) is 8.97. The third-order valence-electron chi connectivity index (χ3n) is 4.11. The fourth-order valence-corrected chi connectivity index (χ4v) is 2.68. The van der Waals surface area contributed by atoms with Crippen molar-refractivity contribution in [3.63, 3.8) is 0 Å². The monoisotopic (exact) mass is 419 g/mol. The Morgan fingerprint density at radius 3 is 2.23 bits per heavy atom. The van der Waals surface area contributed by atoms with Gasteiger partial charge >= 0.3 is 12.1 Å². The molecule has 0 aliphatic rings. The molecule has 0 spiro atoms. The Morgan fingerprint density at radius 1 is 1.10 bits per heavy atom. The van der Waals surface area contributed by atoms with Crippen molar-refractivity contribution in [2.24, 2.45) is 0 Å². The Bertz CT molecular complexity index is 958. The number of imidazole rings is 1. The highest BCUT2D eigenvalue weighted by Gasteiger charge is 2.38. The molecule has 30 heavy (non-hydrogen) atoms. The van der Waals surface area contributed by atoms with Crippen LogP contribution in [0.1, 0.15) is 24.8 Å². The highest BCUT2D eigenvalue weighted by molar-refractivity contribution is 5.97. The van der Waals surface area contributed by atoms with Crippen LogP contribution in [0, 0.1) is 0 Å². The van der Waals surface area contributed by atoms with Gasteiger partial charge in [0.05, 0.1) is 23.6 Å². The van der Waals surface area contributed by atoms with E-state index in [4.69, 9.17) is 9.90 Å². The third kappa shape index (κ3) is 6.20. The van der Waals surface area contributed by atoms with Crippen molar-refractivity contribution in [2.75, 3.05) is 5.32 Å². The maximum absolute atomic E-state index is 12.7. The number of anilines is 1. The van der Waals surface area contributed by atoms with Gasteiger partial charge in [0.25, 0.3) is 0 Å². The summed E-state index contributed by atoms with van der Waals surface area (Å²) in [5.74, 6) is -2.91. The molecule has 0 saturated carbocycles. The number of carboxylic acid groups (broad SMARTS) is 1. The summed E-state index contributed by atoms with van der Waals surface area (Å²) in [6, 6.07) is 17.6. The largest absolute Gasteiger partial charge is 0.490 e. The molecule has 1 unspecified atom stereocenters. The van der Waals surface area contributed by atoms with Crippen molar-refractivity contribution in [3.8, 4) is 5.69 Å². The fraction of sp³-hybridized carbons (Fsp3) is 0.190. The first kappa shape index (κ1) is 22.7. The number of aromatic nitrogens is 2. The van der Waals surface area contributed by atoms with Gasteiger partial charge in [-0.25, -0.2) is 9.78 Å². The number of carbonyl (C=O) groups excluding carboxylic acids is 1. The molecular formula is C21H20F3N3O3. The van der Waals surface area contributed by atoms with Gasteiger partial charge in [-0.05, 0) is 24.1 Å². The van der Waals surface area contributed by atoms with Crippen LogP contribution >= 0.6 is 0 Å². The van der Waals surface area contributed by atoms with Crippen molar-refractivity contribution in [1.82, 2.24) is 9.55 Å². The summed E-state index contributed by atoms with van der Waals surface area (Å²) in [6.45, 7) is 2.03. The quantitative estimate of drug-likeness (QED) is 0.631. The smallest absolute Gasteiger partial charge is 0.475 e. The molecule has 1 atom stereocenters. The lowest BCUT2D eigenvalue weighted by Crippen LogP contribution is -2.21. The molecule has 2 aromatic carbocycles. The van der Waals surface area contributed by atoms with E-state index in [1.54, 1.807) is 12.5 Å². The molecule has 0 fully saturated rings. The van der Waals surface area contributed by atoms with E-state index in [0.29, 0.717) is 0 Å². The number of nitrogens with zero attached hydrogens (tertiary/aromatic N) is 2. The number of amides is 1. The van der Waals surface area contributed by atoms with Crippen molar-refractivity contribution in [2.45, 2.75) is 25.4 Å². The summed E-state index contributed by atoms with van der Waals surface area (Å²) in [6.07, 6.45) is 0.972. The van der Waals surface area contributed by atoms with E-state index in [1.807, 2.05) is 72.3 Å². The van der Waals surface area contributed by atoms with E-state index in [2.05, 4.69) is 10.3 Å². The van der Waals surface area contributed by atoms with Gasteiger partial charge in [-0.2, -0.15) is 13.2 Å². The maximum atomic E-state index is 12.7. The number of alkyl halides is 3. The predicted octanol–water partition coefficient (Wildman–Crippen LogP) is 4.64. The topological polar surface area (TPSA) is 84.2 Å². The Balaban J connectivity index is 0.000000396. The molecule has 3 rings (SSSR count). The number of carbonyl (C=O) groups is 2. The normalized spacial score (nSPS) is 11.7. The van der Waals surface area contributed by atoms with E-state index >= 15 is 0 Å². The summed E-state index contributed by atoms with van der Waals surface area (Å²) in [7, 11) is 0. The Morgan fingerprint density at radius 2 is 1.70 bits per heavy atom. The van der Waals surface area contributed by atoms with Crippen LogP contribution in [-0.2, 0) is 9.59 Å². The number of halogens is 3. The van der Waals surface area contributed by atoms with E-state index in [0.717, 1.165) is 23.4 Å². The molecular weight excluding hydrogens is 399 g/mol. The molecule has 0 radical (unpaired) electrons. The van der Waals surface area contributed by atoms with Crippen LogP contribution in [0.4, 0.5) is 18.9 Å². The lowest BCUT2D eigenvalue weighted by Gasteiger charge is -2.17. The minimum atomic E-state index is -5.08. The van der Waals surface area contributed by atoms with Gasteiger partial charge in [0.15, 0.2) is 0 Å². The molecule has 0 bridgehead atoms. The molecule has 6 nitrogen and oxygen atoms in total. The van der Waals surface area contributed by atoms with Crippen LogP contribution in [0.2, 0.25) is 0 Å². The van der Waals surface area contributed by atoms with Crippen LogP contribution in [0.3, 0.4) is 0 Å². The maximum Gasteiger partial charge on any atom is 0.490 e. The molecule has 2 N–H and O–H groups in total. The summed E-state index contributed by atoms with van der Waals surface area (Å²) < 4.78 is 33.6. The number of rotatable bonds is 5. The van der Waals surface area contributed by atoms with Gasteiger partial charge in [-0.3, -0.25) is 4.79 Å². The minimum absolute atomic E-state index is 0.00580. The predicted molar refractivity (Wildman–Crippen MR) is 105 cm³/mol. The van der Waals surface area contributed by atoms with Gasteiger partial charge in [0, 0.05) is 12.4 Å². The molecule has 0 aliphatic carbocycles. The molecule has 0 aliphatic heterocycles. The second-order valence-electron chi connectivity index (χ2n) is 6.15. The molecule has 1 aromatic heterocycles. The zero-order valence-electron chi connectivity index (χ0n) is 16.0. The van der Waals surface area contributed by atoms with Crippen LogP contribution in [0.5, 0.6) is 0 Å². The molecule has 1 heterocycles. The SMILES string of the molecule is CCC(C(=O)Nc1ccccc1-n1ccnc1)c1ccccc1.O=C(O)C(F)(F)F. The summed E-state index contributed by atoms with van der Waals surface area (Å²) in [5.41, 5.74) is 2.72. The minimum Gasteiger partial charge on any atom is -0.475 e. The second kappa shape index (κ2) is 10.2. The molecule has 1 amide bonds. The highest BCUT2D eigenvalue weighted by atomic mass is 19.4. The zero-order chi connectivity index (χ0) is 22.1. The number of aliphatic carboxylic acids is 1. The van der Waals surface area contributed by atoms with Crippen LogP contribution in [0.15, 0.2) is 73.3 Å². The van der Waals surface area contributed by atoms with Crippen LogP contribution < -0.4 is 5.32 Å². The van der Waals surface area contributed by atoms with Crippen molar-refractivity contribution in [3.05, 3.63) is 78.9 Å². The van der Waals surface area contributed by atoms with Gasteiger partial charge < -0.3 is 15.0 Å². The third-order valence-corrected chi connectivity index (χ3v) is 4.11. The van der Waals surface area contributed by atoms with E-state index in [1.165, 1.54) is 0 Å². The first-order chi connectivity index (χ1) is 14.2. The number of hydrogen-bond donors (Lipinski definition) is 2. The van der Waals surface area contributed by atoms with Gasteiger partial charge in [0.2, 0.25) is 5.91 Å². The van der Waals surface area contributed by atoms with Crippen LogP contribution in [0.25, 0.3) is 5.69 Å². The molecule has 3 aromatic rings. The first-order valence-electron chi connectivity index (χ1n) is 8.97. The lowest BCUT2D eigenvalue weighted by molar-refractivity contribution is -0.192. The number of benzene rings is 2. The number of para-hydroxylation sites is 2. The average Bonchev–Trinajstić information content (AvgIpc) is 3.24. The van der Waals surface area contributed by atoms with Crippen molar-refractivity contribution < 1.29 is 27.9 Å². The van der Waals surface area contributed by atoms with E-state index in [-0.39, 0.29) is 11.8 Å². The fourth-order valence-electron chi connectivity index (χ4n) is 2.68. The van der Waals surface area contributed by atoms with E-state index in [9.17, 15) is 18.0 Å². The highest BCUT2D eigenvalue weighted by Crippen LogP contribution is 2.24. The van der Waals surface area contributed by atoms with Gasteiger partial charge in [0.1, 0.15) is 0 Å². The zero-order valence-corrected chi connectivity index (χ0v) is 16.0. The van der Waals surface area contributed by atoms with Crippen molar-refractivity contribution in [1.29, 1.82) is 0 Å². The van der Waals surface area contributed by atoms with Crippen molar-refractivity contribution >= 4 is 17.6 Å². The standard InChI is InChI=1S/C19H19N3O.C2HF3O2/c1-2-16(15-8-4-3-5-9-15)19(23)21-17-10-6-7-11-18(17)22-13-12-20-14-22;3-2(4,5)1(6)7/h3-14,16H,2H2,1H3,(H,21,23);(H,6,7). The Labute approximate surface area is 171 Å². The Hall–Kier alpha value is -3.62. The second-order valence-corrected chi connectivity index (χ2v) is 6.15. The summed E-state index contributed by atoms with van der Waals surface area (Å²) in [4.78, 5) is 25.7. The number of hydrogen-bond acceptors (Lipinski definition) is 3. The Kier molecular flexibility index (Phi) is 7.74. The molecule has 0 saturated heterocycles. The van der Waals surface area contributed by atoms with Crippen LogP contribution in [-0.4, -0.2) is 32.7 Å². The molecule has 9 heteroatoms. The summed E-state index contributed by atoms with van der Waals surface area (Å²) >= 11 is 0. The average molecular weight is 419 g/mol. The lowest BCUT2D eigenvalue weighted by atomic mass is 9.95.